The lowest BCUT2D eigenvalue weighted by molar-refractivity contribution is 0.150. The molecule has 4 aromatic rings. The number of nitrogens with zero attached hydrogens (tertiary/aromatic N) is 5. The number of hydrogen-bond donors (Lipinski definition) is 1. The maximum atomic E-state index is 15.1. The van der Waals surface area contributed by atoms with Crippen LogP contribution in [-0.4, -0.2) is 49.2 Å². The molecule has 7 nitrogen and oxygen atoms in total. The van der Waals surface area contributed by atoms with Crippen molar-refractivity contribution >= 4 is 33.5 Å². The topological polar surface area (TPSA) is 84.1 Å². The second kappa shape index (κ2) is 7.16. The molecule has 0 unspecified atom stereocenters. The van der Waals surface area contributed by atoms with Gasteiger partial charge in [-0.25, -0.2) is 9.18 Å². The zero-order valence-electron chi connectivity index (χ0n) is 17.1. The molecule has 1 N–H and O–H groups in total. The van der Waals surface area contributed by atoms with Crippen molar-refractivity contribution < 1.29 is 14.3 Å². The molecule has 3 heterocycles. The standard InChI is InChI=1S/C23H20FN5O2/c1-13-7-15(8-17-12-28(2)27-22(13)17)16-9-19(24)18-11-20(25-26-21(18)10-16)14-3-5-29(6-4-14)23(30)31/h3,7-12H,4-6H2,1-2H3,(H,30,31). The van der Waals surface area contributed by atoms with Gasteiger partial charge in [-0.2, -0.15) is 10.2 Å². The maximum Gasteiger partial charge on any atom is 0.407 e. The van der Waals surface area contributed by atoms with E-state index in [0.717, 1.165) is 33.2 Å². The normalized spacial score (nSPS) is 14.3. The Morgan fingerprint density at radius 2 is 1.94 bits per heavy atom. The second-order valence-corrected chi connectivity index (χ2v) is 7.86. The molecule has 5 rings (SSSR count). The number of aryl methyl sites for hydroxylation is 2. The van der Waals surface area contributed by atoms with Crippen LogP contribution in [0.4, 0.5) is 9.18 Å². The van der Waals surface area contributed by atoms with Crippen LogP contribution in [0.25, 0.3) is 38.5 Å². The summed E-state index contributed by atoms with van der Waals surface area (Å²) in [5.74, 6) is -0.365. The van der Waals surface area contributed by atoms with Gasteiger partial charge in [0.2, 0.25) is 0 Å². The number of halogens is 1. The van der Waals surface area contributed by atoms with Crippen molar-refractivity contribution in [2.24, 2.45) is 7.05 Å². The molecule has 31 heavy (non-hydrogen) atoms. The zero-order chi connectivity index (χ0) is 21.7. The minimum Gasteiger partial charge on any atom is -0.465 e. The number of carboxylic acid groups (broad SMARTS) is 1. The summed E-state index contributed by atoms with van der Waals surface area (Å²) in [6, 6.07) is 9.05. The van der Waals surface area contributed by atoms with Crippen LogP contribution in [0.15, 0.2) is 42.6 Å². The number of carbonyl (C=O) groups is 1. The van der Waals surface area contributed by atoms with Crippen LogP contribution in [0, 0.1) is 12.7 Å². The molecular formula is C23H20FN5O2. The van der Waals surface area contributed by atoms with Crippen LogP contribution in [0.3, 0.4) is 0 Å². The van der Waals surface area contributed by atoms with Crippen LogP contribution in [0.5, 0.6) is 0 Å². The van der Waals surface area contributed by atoms with Crippen molar-refractivity contribution in [3.8, 4) is 11.1 Å². The van der Waals surface area contributed by atoms with E-state index in [1.807, 2.05) is 44.4 Å². The van der Waals surface area contributed by atoms with E-state index in [1.165, 1.54) is 11.0 Å². The average Bonchev–Trinajstić information content (AvgIpc) is 3.14. The van der Waals surface area contributed by atoms with Gasteiger partial charge in [-0.1, -0.05) is 6.08 Å². The largest absolute Gasteiger partial charge is 0.465 e. The van der Waals surface area contributed by atoms with Gasteiger partial charge in [-0.15, -0.1) is 5.10 Å². The van der Waals surface area contributed by atoms with Crippen molar-refractivity contribution in [1.82, 2.24) is 24.9 Å². The van der Waals surface area contributed by atoms with Gasteiger partial charge < -0.3 is 10.0 Å². The highest BCUT2D eigenvalue weighted by atomic mass is 19.1. The second-order valence-electron chi connectivity index (χ2n) is 7.86. The molecule has 0 bridgehead atoms. The Morgan fingerprint density at radius 3 is 2.68 bits per heavy atom. The van der Waals surface area contributed by atoms with E-state index in [9.17, 15) is 4.79 Å². The van der Waals surface area contributed by atoms with Crippen LogP contribution in [0.2, 0.25) is 0 Å². The highest BCUT2D eigenvalue weighted by Gasteiger charge is 2.19. The summed E-state index contributed by atoms with van der Waals surface area (Å²) < 4.78 is 16.8. The van der Waals surface area contributed by atoms with Crippen molar-refractivity contribution in [3.05, 3.63) is 59.7 Å². The molecule has 2 aromatic carbocycles. The number of aromatic nitrogens is 4. The fourth-order valence-corrected chi connectivity index (χ4v) is 4.10. The smallest absolute Gasteiger partial charge is 0.407 e. The molecule has 0 spiro atoms. The van der Waals surface area contributed by atoms with Crippen LogP contribution >= 0.6 is 0 Å². The lowest BCUT2D eigenvalue weighted by Crippen LogP contribution is -2.33. The quantitative estimate of drug-likeness (QED) is 0.523. The Hall–Kier alpha value is -3.81. The van der Waals surface area contributed by atoms with E-state index < -0.39 is 6.09 Å². The van der Waals surface area contributed by atoms with Gasteiger partial charge in [-0.3, -0.25) is 4.68 Å². The summed E-state index contributed by atoms with van der Waals surface area (Å²) in [6.07, 6.45) is 3.33. The lowest BCUT2D eigenvalue weighted by atomic mass is 9.98. The van der Waals surface area contributed by atoms with Gasteiger partial charge in [0.1, 0.15) is 5.82 Å². The SMILES string of the molecule is Cc1cc(-c2cc(F)c3cc(C4=CCN(C(=O)O)CC4)nnc3c2)cc2cn(C)nc12. The third-order valence-corrected chi connectivity index (χ3v) is 5.71. The van der Waals surface area contributed by atoms with E-state index in [4.69, 9.17) is 5.11 Å². The van der Waals surface area contributed by atoms with E-state index in [1.54, 1.807) is 10.7 Å². The van der Waals surface area contributed by atoms with Gasteiger partial charge in [0.15, 0.2) is 0 Å². The van der Waals surface area contributed by atoms with Crippen LogP contribution in [-0.2, 0) is 7.05 Å². The number of fused-ring (bicyclic) bond motifs is 2. The summed E-state index contributed by atoms with van der Waals surface area (Å²) in [4.78, 5) is 12.4. The fourth-order valence-electron chi connectivity index (χ4n) is 4.10. The maximum absolute atomic E-state index is 15.1. The molecule has 1 amide bonds. The molecule has 0 radical (unpaired) electrons. The summed E-state index contributed by atoms with van der Waals surface area (Å²) in [7, 11) is 1.88. The molecular weight excluding hydrogens is 397 g/mol. The molecule has 156 valence electrons. The van der Waals surface area contributed by atoms with Gasteiger partial charge in [0, 0.05) is 37.1 Å². The van der Waals surface area contributed by atoms with Gasteiger partial charge in [0.05, 0.1) is 16.7 Å². The van der Waals surface area contributed by atoms with Crippen molar-refractivity contribution in [3.63, 3.8) is 0 Å². The molecule has 1 aliphatic rings. The first-order valence-electron chi connectivity index (χ1n) is 9.97. The lowest BCUT2D eigenvalue weighted by Gasteiger charge is -2.23. The van der Waals surface area contributed by atoms with E-state index in [-0.39, 0.29) is 5.82 Å². The fraction of sp³-hybridized carbons (Fsp3) is 0.217. The van der Waals surface area contributed by atoms with Crippen molar-refractivity contribution in [2.75, 3.05) is 13.1 Å². The molecule has 0 saturated carbocycles. The molecule has 1 aliphatic heterocycles. The van der Waals surface area contributed by atoms with Gasteiger partial charge in [0.25, 0.3) is 0 Å². The zero-order valence-corrected chi connectivity index (χ0v) is 17.1. The molecule has 0 fully saturated rings. The Balaban J connectivity index is 1.54. The summed E-state index contributed by atoms with van der Waals surface area (Å²) in [5, 5.41) is 23.5. The number of hydrogen-bond acceptors (Lipinski definition) is 4. The van der Waals surface area contributed by atoms with Crippen LogP contribution < -0.4 is 0 Å². The van der Waals surface area contributed by atoms with Crippen molar-refractivity contribution in [1.29, 1.82) is 0 Å². The Labute approximate surface area is 177 Å². The minimum atomic E-state index is -0.946. The number of benzene rings is 2. The molecule has 2 aromatic heterocycles. The van der Waals surface area contributed by atoms with E-state index in [0.29, 0.717) is 36.1 Å². The van der Waals surface area contributed by atoms with Gasteiger partial charge >= 0.3 is 6.09 Å². The average molecular weight is 417 g/mol. The summed E-state index contributed by atoms with van der Waals surface area (Å²) in [5.41, 5.74) is 5.52. The number of amides is 1. The first-order chi connectivity index (χ1) is 14.9. The molecule has 0 aliphatic carbocycles. The number of rotatable bonds is 2. The van der Waals surface area contributed by atoms with Crippen LogP contribution in [0.1, 0.15) is 17.7 Å². The molecule has 0 saturated heterocycles. The minimum absolute atomic E-state index is 0.294. The third-order valence-electron chi connectivity index (χ3n) is 5.71. The molecule has 8 heteroatoms. The predicted molar refractivity (Wildman–Crippen MR) is 116 cm³/mol. The monoisotopic (exact) mass is 417 g/mol. The first-order valence-corrected chi connectivity index (χ1v) is 9.97. The highest BCUT2D eigenvalue weighted by Crippen LogP contribution is 2.31. The Bertz CT molecular complexity index is 1390. The van der Waals surface area contributed by atoms with E-state index >= 15 is 4.39 Å². The summed E-state index contributed by atoms with van der Waals surface area (Å²) >= 11 is 0. The van der Waals surface area contributed by atoms with Crippen molar-refractivity contribution in [2.45, 2.75) is 13.3 Å². The predicted octanol–water partition coefficient (Wildman–Crippen LogP) is 4.40. The third kappa shape index (κ3) is 3.39. The highest BCUT2D eigenvalue weighted by molar-refractivity contribution is 5.91. The Kier molecular flexibility index (Phi) is 4.43. The Morgan fingerprint density at radius 1 is 1.13 bits per heavy atom. The first kappa shape index (κ1) is 19.2. The summed E-state index contributed by atoms with van der Waals surface area (Å²) in [6.45, 7) is 2.67. The van der Waals surface area contributed by atoms with Gasteiger partial charge in [-0.05, 0) is 65.9 Å². The molecule has 0 atom stereocenters. The van der Waals surface area contributed by atoms with E-state index in [2.05, 4.69) is 15.3 Å².